The third-order valence-electron chi connectivity index (χ3n) is 3.38. The SMILES string of the molecule is CSCC(=O)NN1C(=O)NC2(CCCCC2)C1=O. The summed E-state index contributed by atoms with van der Waals surface area (Å²) in [5.74, 6) is -0.426. The van der Waals surface area contributed by atoms with E-state index in [0.717, 1.165) is 24.3 Å². The highest BCUT2D eigenvalue weighted by Crippen LogP contribution is 2.32. The molecule has 1 aliphatic heterocycles. The van der Waals surface area contributed by atoms with E-state index in [9.17, 15) is 14.4 Å². The number of thioether (sulfide) groups is 1. The largest absolute Gasteiger partial charge is 0.344 e. The molecule has 0 unspecified atom stereocenters. The Morgan fingerprint density at radius 2 is 2.06 bits per heavy atom. The molecule has 2 fully saturated rings. The molecule has 0 radical (unpaired) electrons. The molecule has 0 aromatic heterocycles. The highest BCUT2D eigenvalue weighted by molar-refractivity contribution is 7.99. The number of imide groups is 1. The molecule has 0 aromatic rings. The van der Waals surface area contributed by atoms with Gasteiger partial charge in [0.25, 0.3) is 5.91 Å². The molecule has 2 N–H and O–H groups in total. The van der Waals surface area contributed by atoms with E-state index < -0.39 is 11.6 Å². The fourth-order valence-corrected chi connectivity index (χ4v) is 2.83. The van der Waals surface area contributed by atoms with Gasteiger partial charge in [0.15, 0.2) is 0 Å². The molecule has 2 rings (SSSR count). The molecule has 7 heteroatoms. The van der Waals surface area contributed by atoms with Crippen LogP contribution in [0.25, 0.3) is 0 Å². The minimum absolute atomic E-state index is 0.226. The topological polar surface area (TPSA) is 78.5 Å². The zero-order valence-electron chi connectivity index (χ0n) is 10.3. The van der Waals surface area contributed by atoms with Crippen molar-refractivity contribution in [2.45, 2.75) is 37.6 Å². The number of nitrogens with one attached hydrogen (secondary N) is 2. The molecule has 1 aliphatic carbocycles. The molecule has 1 spiro atoms. The van der Waals surface area contributed by atoms with Crippen LogP contribution in [0, 0.1) is 0 Å². The molecule has 100 valence electrons. The molecule has 1 saturated carbocycles. The van der Waals surface area contributed by atoms with E-state index in [1.165, 1.54) is 11.8 Å². The van der Waals surface area contributed by atoms with Crippen LogP contribution in [0.2, 0.25) is 0 Å². The number of rotatable bonds is 3. The van der Waals surface area contributed by atoms with Gasteiger partial charge in [-0.05, 0) is 19.1 Å². The summed E-state index contributed by atoms with van der Waals surface area (Å²) in [7, 11) is 0. The van der Waals surface area contributed by atoms with Gasteiger partial charge in [-0.2, -0.15) is 16.8 Å². The van der Waals surface area contributed by atoms with Crippen molar-refractivity contribution in [3.05, 3.63) is 0 Å². The number of carbonyl (C=O) groups is 3. The third kappa shape index (κ3) is 2.31. The van der Waals surface area contributed by atoms with Crippen molar-refractivity contribution in [3.63, 3.8) is 0 Å². The van der Waals surface area contributed by atoms with Gasteiger partial charge >= 0.3 is 6.03 Å². The van der Waals surface area contributed by atoms with Crippen LogP contribution in [0.5, 0.6) is 0 Å². The van der Waals surface area contributed by atoms with Gasteiger partial charge < -0.3 is 5.32 Å². The fourth-order valence-electron chi connectivity index (χ4n) is 2.50. The first-order valence-electron chi connectivity index (χ1n) is 6.04. The first kappa shape index (κ1) is 13.2. The zero-order chi connectivity index (χ0) is 13.2. The van der Waals surface area contributed by atoms with Crippen molar-refractivity contribution in [3.8, 4) is 0 Å². The first-order chi connectivity index (χ1) is 8.59. The Labute approximate surface area is 110 Å². The maximum atomic E-state index is 12.3. The van der Waals surface area contributed by atoms with Crippen molar-refractivity contribution in [1.29, 1.82) is 0 Å². The lowest BCUT2D eigenvalue weighted by Gasteiger charge is -2.30. The van der Waals surface area contributed by atoms with E-state index >= 15 is 0 Å². The molecular formula is C11H17N3O3S. The Bertz CT molecular complexity index is 380. The highest BCUT2D eigenvalue weighted by atomic mass is 32.2. The van der Waals surface area contributed by atoms with Crippen LogP contribution in [-0.2, 0) is 9.59 Å². The predicted octanol–water partition coefficient (Wildman–Crippen LogP) is 0.635. The molecular weight excluding hydrogens is 254 g/mol. The van der Waals surface area contributed by atoms with E-state index in [1.807, 2.05) is 0 Å². The van der Waals surface area contributed by atoms with E-state index in [-0.39, 0.29) is 17.6 Å². The van der Waals surface area contributed by atoms with Crippen LogP contribution in [0.3, 0.4) is 0 Å². The second-order valence-electron chi connectivity index (χ2n) is 4.68. The minimum atomic E-state index is -0.776. The van der Waals surface area contributed by atoms with Crippen LogP contribution >= 0.6 is 11.8 Å². The van der Waals surface area contributed by atoms with Gasteiger partial charge in [0.1, 0.15) is 5.54 Å². The lowest BCUT2D eigenvalue weighted by molar-refractivity contribution is -0.139. The summed E-state index contributed by atoms with van der Waals surface area (Å²) in [4.78, 5) is 35.5. The molecule has 2 aliphatic rings. The lowest BCUT2D eigenvalue weighted by atomic mass is 9.82. The maximum Gasteiger partial charge on any atom is 0.344 e. The van der Waals surface area contributed by atoms with Crippen molar-refractivity contribution in [1.82, 2.24) is 15.8 Å². The lowest BCUT2D eigenvalue weighted by Crippen LogP contribution is -2.51. The summed E-state index contributed by atoms with van der Waals surface area (Å²) in [6.07, 6.45) is 6.05. The minimum Gasteiger partial charge on any atom is -0.322 e. The first-order valence-corrected chi connectivity index (χ1v) is 7.43. The number of hydrazine groups is 1. The Morgan fingerprint density at radius 3 is 2.67 bits per heavy atom. The van der Waals surface area contributed by atoms with E-state index in [4.69, 9.17) is 0 Å². The van der Waals surface area contributed by atoms with Gasteiger partial charge in [-0.1, -0.05) is 19.3 Å². The van der Waals surface area contributed by atoms with E-state index in [2.05, 4.69) is 10.7 Å². The summed E-state index contributed by atoms with van der Waals surface area (Å²) < 4.78 is 0. The van der Waals surface area contributed by atoms with Gasteiger partial charge in [-0.3, -0.25) is 15.0 Å². The van der Waals surface area contributed by atoms with Crippen LogP contribution in [0.4, 0.5) is 4.79 Å². The quantitative estimate of drug-likeness (QED) is 0.738. The van der Waals surface area contributed by atoms with E-state index in [0.29, 0.717) is 12.8 Å². The maximum absolute atomic E-state index is 12.3. The standard InChI is InChI=1S/C11H17N3O3S/c1-18-7-8(15)13-14-9(16)11(12-10(14)17)5-3-2-4-6-11/h2-7H2,1H3,(H,12,17)(H,13,15). The molecule has 6 nitrogen and oxygen atoms in total. The van der Waals surface area contributed by atoms with Gasteiger partial charge in [0.2, 0.25) is 5.91 Å². The van der Waals surface area contributed by atoms with Crippen molar-refractivity contribution in [2.24, 2.45) is 0 Å². The Morgan fingerprint density at radius 1 is 1.39 bits per heavy atom. The Kier molecular flexibility index (Phi) is 3.79. The molecule has 1 saturated heterocycles. The van der Waals surface area contributed by atoms with Gasteiger partial charge in [0, 0.05) is 0 Å². The second kappa shape index (κ2) is 5.17. The highest BCUT2D eigenvalue weighted by Gasteiger charge is 2.52. The van der Waals surface area contributed by atoms with Gasteiger partial charge in [-0.25, -0.2) is 4.79 Å². The molecule has 4 amide bonds. The molecule has 0 aromatic carbocycles. The fraction of sp³-hybridized carbons (Fsp3) is 0.727. The summed E-state index contributed by atoms with van der Waals surface area (Å²) >= 11 is 1.34. The Balaban J connectivity index is 2.07. The number of carbonyl (C=O) groups excluding carboxylic acids is 3. The number of hydrogen-bond acceptors (Lipinski definition) is 4. The molecule has 1 heterocycles. The summed E-state index contributed by atoms with van der Waals surface area (Å²) in [5, 5.41) is 3.57. The number of nitrogens with zero attached hydrogens (tertiary/aromatic N) is 1. The smallest absolute Gasteiger partial charge is 0.322 e. The zero-order valence-corrected chi connectivity index (χ0v) is 11.1. The van der Waals surface area contributed by atoms with E-state index in [1.54, 1.807) is 6.26 Å². The monoisotopic (exact) mass is 271 g/mol. The van der Waals surface area contributed by atoms with Crippen molar-refractivity contribution >= 4 is 29.6 Å². The summed E-state index contributed by atoms with van der Waals surface area (Å²) in [5.41, 5.74) is 1.59. The average molecular weight is 271 g/mol. The molecule has 18 heavy (non-hydrogen) atoms. The molecule has 0 bridgehead atoms. The summed E-state index contributed by atoms with van der Waals surface area (Å²) in [6.45, 7) is 0. The van der Waals surface area contributed by atoms with Crippen LogP contribution in [0.15, 0.2) is 0 Å². The average Bonchev–Trinajstić information content (AvgIpc) is 2.55. The molecule has 0 atom stereocenters. The van der Waals surface area contributed by atoms with Gasteiger partial charge in [0.05, 0.1) is 5.75 Å². The Hall–Kier alpha value is -1.24. The number of hydrogen-bond donors (Lipinski definition) is 2. The summed E-state index contributed by atoms with van der Waals surface area (Å²) in [6, 6.07) is -0.517. The van der Waals surface area contributed by atoms with Gasteiger partial charge in [-0.15, -0.1) is 0 Å². The predicted molar refractivity (Wildman–Crippen MR) is 67.7 cm³/mol. The van der Waals surface area contributed by atoms with Crippen LogP contribution < -0.4 is 10.7 Å². The second-order valence-corrected chi connectivity index (χ2v) is 5.55. The number of amides is 4. The van der Waals surface area contributed by atoms with Crippen molar-refractivity contribution < 1.29 is 14.4 Å². The van der Waals surface area contributed by atoms with Crippen LogP contribution in [-0.4, -0.2) is 40.4 Å². The normalized spacial score (nSPS) is 22.2. The third-order valence-corrected chi connectivity index (χ3v) is 3.93. The van der Waals surface area contributed by atoms with Crippen molar-refractivity contribution in [2.75, 3.05) is 12.0 Å². The van der Waals surface area contributed by atoms with Crippen LogP contribution in [0.1, 0.15) is 32.1 Å². The number of urea groups is 1.